The zero-order valence-electron chi connectivity index (χ0n) is 19.5. The summed E-state index contributed by atoms with van der Waals surface area (Å²) in [6.07, 6.45) is 4.29. The molecule has 9 nitrogen and oxygen atoms in total. The fourth-order valence-corrected chi connectivity index (χ4v) is 3.34. The van der Waals surface area contributed by atoms with Crippen molar-refractivity contribution in [1.29, 1.82) is 0 Å². The van der Waals surface area contributed by atoms with Gasteiger partial charge in [-0.05, 0) is 50.6 Å². The Balaban J connectivity index is 1.64. The second-order valence-corrected chi connectivity index (χ2v) is 7.81. The Kier molecular flexibility index (Phi) is 7.22. The molecule has 0 radical (unpaired) electrons. The van der Waals surface area contributed by atoms with Gasteiger partial charge >= 0.3 is 0 Å². The molecule has 0 spiro atoms. The number of H-pyrrole nitrogens is 1. The van der Waals surface area contributed by atoms with Gasteiger partial charge in [0.25, 0.3) is 5.91 Å². The highest BCUT2D eigenvalue weighted by molar-refractivity contribution is 5.93. The van der Waals surface area contributed by atoms with Crippen molar-refractivity contribution in [3.05, 3.63) is 54.9 Å². The highest BCUT2D eigenvalue weighted by atomic mass is 16.5. The number of nitrogens with zero attached hydrogens (tertiary/aromatic N) is 3. The lowest BCUT2D eigenvalue weighted by atomic mass is 10.1. The molecule has 0 unspecified atom stereocenters. The molecule has 2 heterocycles. The summed E-state index contributed by atoms with van der Waals surface area (Å²) in [7, 11) is 0. The summed E-state index contributed by atoms with van der Waals surface area (Å²) in [5.74, 6) is 2.31. The number of amides is 1. The van der Waals surface area contributed by atoms with E-state index in [2.05, 4.69) is 20.8 Å². The molecule has 2 aromatic heterocycles. The number of anilines is 2. The van der Waals surface area contributed by atoms with Gasteiger partial charge in [0.2, 0.25) is 0 Å². The molecular weight excluding hydrogens is 432 g/mol. The van der Waals surface area contributed by atoms with Crippen LogP contribution in [0.5, 0.6) is 11.5 Å². The molecule has 0 saturated heterocycles. The Morgan fingerprint density at radius 2 is 1.94 bits per heavy atom. The van der Waals surface area contributed by atoms with Crippen LogP contribution in [0.25, 0.3) is 22.3 Å². The van der Waals surface area contributed by atoms with Gasteiger partial charge in [-0.2, -0.15) is 5.10 Å². The first-order valence-electron chi connectivity index (χ1n) is 11.3. The molecular formula is C25H28N6O3. The average molecular weight is 461 g/mol. The van der Waals surface area contributed by atoms with Crippen molar-refractivity contribution in [3.8, 4) is 22.9 Å². The number of aromatic amines is 1. The minimum absolute atomic E-state index is 0.0557. The predicted octanol–water partition coefficient (Wildman–Crippen LogP) is 4.46. The molecule has 0 aliphatic heterocycles. The van der Waals surface area contributed by atoms with Crippen molar-refractivity contribution in [2.45, 2.75) is 33.2 Å². The maximum absolute atomic E-state index is 12.1. The van der Waals surface area contributed by atoms with E-state index in [0.29, 0.717) is 24.0 Å². The van der Waals surface area contributed by atoms with Crippen LogP contribution < -0.4 is 20.1 Å². The molecule has 2 aromatic carbocycles. The first-order valence-corrected chi connectivity index (χ1v) is 11.3. The Labute approximate surface area is 197 Å². The van der Waals surface area contributed by atoms with Crippen LogP contribution in [-0.4, -0.2) is 45.3 Å². The average Bonchev–Trinajstić information content (AvgIpc) is 3.36. The van der Waals surface area contributed by atoms with Gasteiger partial charge in [0, 0.05) is 23.2 Å². The van der Waals surface area contributed by atoms with Crippen LogP contribution in [0.1, 0.15) is 27.2 Å². The standard InChI is InChI=1S/C25H28N6O3/c1-4-16(3)28-23(32)15-34-19-8-6-7-17(11-19)24-30-22-10-9-20(33-5-2)12-21(22)25(31-24)29-18-13-26-27-14-18/h6-14,16H,4-5,15H2,1-3H3,(H,26,27)(H,28,32)(H,29,30,31)/t16-/m1/s1. The van der Waals surface area contributed by atoms with E-state index in [1.54, 1.807) is 18.5 Å². The first kappa shape index (κ1) is 23.0. The van der Waals surface area contributed by atoms with E-state index < -0.39 is 0 Å². The first-order chi connectivity index (χ1) is 16.6. The summed E-state index contributed by atoms with van der Waals surface area (Å²) >= 11 is 0. The summed E-state index contributed by atoms with van der Waals surface area (Å²) in [6, 6.07) is 13.2. The minimum atomic E-state index is -0.154. The molecule has 4 aromatic rings. The molecule has 0 aliphatic carbocycles. The zero-order valence-corrected chi connectivity index (χ0v) is 19.5. The lowest BCUT2D eigenvalue weighted by molar-refractivity contribution is -0.123. The van der Waals surface area contributed by atoms with Gasteiger partial charge in [-0.1, -0.05) is 19.1 Å². The molecule has 0 fully saturated rings. The van der Waals surface area contributed by atoms with Crippen LogP contribution in [0.15, 0.2) is 54.9 Å². The van der Waals surface area contributed by atoms with Gasteiger partial charge in [-0.3, -0.25) is 9.89 Å². The Bertz CT molecular complexity index is 1260. The van der Waals surface area contributed by atoms with Crippen LogP contribution in [-0.2, 0) is 4.79 Å². The Morgan fingerprint density at radius 3 is 2.71 bits per heavy atom. The number of ether oxygens (including phenoxy) is 2. The Morgan fingerprint density at radius 1 is 1.09 bits per heavy atom. The maximum atomic E-state index is 12.1. The highest BCUT2D eigenvalue weighted by Gasteiger charge is 2.13. The number of hydrogen-bond donors (Lipinski definition) is 3. The van der Waals surface area contributed by atoms with Crippen molar-refractivity contribution >= 4 is 28.3 Å². The summed E-state index contributed by atoms with van der Waals surface area (Å²) in [5, 5.41) is 13.8. The largest absolute Gasteiger partial charge is 0.494 e. The second kappa shape index (κ2) is 10.7. The lowest BCUT2D eigenvalue weighted by Crippen LogP contribution is -2.35. The Hall–Kier alpha value is -4.14. The zero-order chi connectivity index (χ0) is 23.9. The third kappa shape index (κ3) is 5.61. The topological polar surface area (TPSA) is 114 Å². The van der Waals surface area contributed by atoms with Crippen molar-refractivity contribution < 1.29 is 14.3 Å². The van der Waals surface area contributed by atoms with E-state index in [1.807, 2.05) is 57.2 Å². The third-order valence-electron chi connectivity index (χ3n) is 5.22. The molecule has 0 aliphatic rings. The molecule has 4 rings (SSSR count). The number of aromatic nitrogens is 4. The van der Waals surface area contributed by atoms with E-state index >= 15 is 0 Å². The summed E-state index contributed by atoms with van der Waals surface area (Å²) < 4.78 is 11.4. The van der Waals surface area contributed by atoms with Gasteiger partial charge in [-0.15, -0.1) is 0 Å². The normalized spacial score (nSPS) is 11.7. The van der Waals surface area contributed by atoms with Crippen molar-refractivity contribution in [2.24, 2.45) is 0 Å². The van der Waals surface area contributed by atoms with Crippen molar-refractivity contribution in [1.82, 2.24) is 25.5 Å². The number of fused-ring (bicyclic) bond motifs is 1. The number of carbonyl (C=O) groups is 1. The second-order valence-electron chi connectivity index (χ2n) is 7.81. The number of nitrogens with one attached hydrogen (secondary N) is 3. The molecule has 9 heteroatoms. The minimum Gasteiger partial charge on any atom is -0.494 e. The van der Waals surface area contributed by atoms with Gasteiger partial charge in [0.1, 0.15) is 17.3 Å². The van der Waals surface area contributed by atoms with Crippen molar-refractivity contribution in [2.75, 3.05) is 18.5 Å². The predicted molar refractivity (Wildman–Crippen MR) is 131 cm³/mol. The molecule has 3 N–H and O–H groups in total. The molecule has 0 bridgehead atoms. The third-order valence-corrected chi connectivity index (χ3v) is 5.22. The number of rotatable bonds is 10. The molecule has 1 atom stereocenters. The molecule has 1 amide bonds. The SMILES string of the molecule is CCOc1ccc2nc(-c3cccc(OCC(=O)N[C@H](C)CC)c3)nc(Nc3cn[nH]c3)c2c1. The van der Waals surface area contributed by atoms with E-state index in [4.69, 9.17) is 19.4 Å². The van der Waals surface area contributed by atoms with Crippen LogP contribution in [0, 0.1) is 0 Å². The summed E-state index contributed by atoms with van der Waals surface area (Å²) in [4.78, 5) is 21.6. The molecule has 176 valence electrons. The van der Waals surface area contributed by atoms with Gasteiger partial charge < -0.3 is 20.1 Å². The van der Waals surface area contributed by atoms with Gasteiger partial charge in [0.05, 0.1) is 24.0 Å². The molecule has 34 heavy (non-hydrogen) atoms. The quantitative estimate of drug-likeness (QED) is 0.320. The van der Waals surface area contributed by atoms with Crippen LogP contribution in [0.2, 0.25) is 0 Å². The van der Waals surface area contributed by atoms with Crippen LogP contribution >= 0.6 is 0 Å². The van der Waals surface area contributed by atoms with E-state index in [1.165, 1.54) is 0 Å². The maximum Gasteiger partial charge on any atom is 0.258 e. The van der Waals surface area contributed by atoms with Gasteiger partial charge in [-0.25, -0.2) is 9.97 Å². The molecule has 0 saturated carbocycles. The van der Waals surface area contributed by atoms with Gasteiger partial charge in [0.15, 0.2) is 12.4 Å². The smallest absolute Gasteiger partial charge is 0.258 e. The highest BCUT2D eigenvalue weighted by Crippen LogP contribution is 2.31. The van der Waals surface area contributed by atoms with Crippen LogP contribution in [0.4, 0.5) is 11.5 Å². The van der Waals surface area contributed by atoms with Crippen LogP contribution in [0.3, 0.4) is 0 Å². The number of hydrogen-bond acceptors (Lipinski definition) is 7. The fourth-order valence-electron chi connectivity index (χ4n) is 3.34. The van der Waals surface area contributed by atoms with E-state index in [-0.39, 0.29) is 18.6 Å². The fraction of sp³-hybridized carbons (Fsp3) is 0.280. The number of carbonyl (C=O) groups excluding carboxylic acids is 1. The summed E-state index contributed by atoms with van der Waals surface area (Å²) in [5.41, 5.74) is 2.31. The number of benzene rings is 2. The van der Waals surface area contributed by atoms with E-state index in [9.17, 15) is 4.79 Å². The monoisotopic (exact) mass is 460 g/mol. The summed E-state index contributed by atoms with van der Waals surface area (Å²) in [6.45, 7) is 6.43. The lowest BCUT2D eigenvalue weighted by Gasteiger charge is -2.13. The van der Waals surface area contributed by atoms with E-state index in [0.717, 1.165) is 34.3 Å². The van der Waals surface area contributed by atoms with Crippen molar-refractivity contribution in [3.63, 3.8) is 0 Å².